The molecule has 0 bridgehead atoms. The Morgan fingerprint density at radius 2 is 1.81 bits per heavy atom. The van der Waals surface area contributed by atoms with Crippen molar-refractivity contribution < 1.29 is 14.3 Å². The topological polar surface area (TPSA) is 60.5 Å². The van der Waals surface area contributed by atoms with Gasteiger partial charge in [0.15, 0.2) is 10.9 Å². The zero-order chi connectivity index (χ0) is 19.2. The van der Waals surface area contributed by atoms with E-state index in [0.29, 0.717) is 15.7 Å². The van der Waals surface area contributed by atoms with E-state index in [9.17, 15) is 4.79 Å². The lowest BCUT2D eigenvalue weighted by molar-refractivity contribution is 0.105. The first-order valence-electron chi connectivity index (χ1n) is 8.34. The molecule has 5 nitrogen and oxygen atoms in total. The van der Waals surface area contributed by atoms with Gasteiger partial charge in [-0.2, -0.15) is 0 Å². The number of nitrogens with zero attached hydrogens (tertiary/aromatic N) is 1. The van der Waals surface area contributed by atoms with Crippen LogP contribution in [-0.4, -0.2) is 25.0 Å². The van der Waals surface area contributed by atoms with Crippen molar-refractivity contribution in [1.82, 2.24) is 4.98 Å². The van der Waals surface area contributed by atoms with Crippen molar-refractivity contribution in [2.45, 2.75) is 6.92 Å². The summed E-state index contributed by atoms with van der Waals surface area (Å²) in [6.45, 7) is 1.84. The van der Waals surface area contributed by atoms with Crippen LogP contribution in [0.25, 0.3) is 6.08 Å². The van der Waals surface area contributed by atoms with E-state index in [4.69, 9.17) is 9.47 Å². The number of aryl methyl sites for hydroxylation is 1. The first-order chi connectivity index (χ1) is 13.1. The number of hydrogen-bond acceptors (Lipinski definition) is 6. The number of rotatable bonds is 7. The largest absolute Gasteiger partial charge is 0.497 e. The van der Waals surface area contributed by atoms with Gasteiger partial charge in [-0.1, -0.05) is 29.5 Å². The van der Waals surface area contributed by atoms with Crippen LogP contribution in [-0.2, 0) is 0 Å². The average molecular weight is 380 g/mol. The van der Waals surface area contributed by atoms with Gasteiger partial charge in [0.1, 0.15) is 11.5 Å². The number of methoxy groups -OCH3 is 2. The minimum Gasteiger partial charge on any atom is -0.497 e. The summed E-state index contributed by atoms with van der Waals surface area (Å²) in [4.78, 5) is 17.6. The number of allylic oxidation sites excluding steroid dienone is 1. The van der Waals surface area contributed by atoms with Crippen LogP contribution in [0.15, 0.2) is 54.6 Å². The molecule has 0 saturated heterocycles. The van der Waals surface area contributed by atoms with Gasteiger partial charge in [-0.15, -0.1) is 0 Å². The van der Waals surface area contributed by atoms with Gasteiger partial charge in [-0.25, -0.2) is 4.98 Å². The Labute approximate surface area is 162 Å². The molecule has 1 heterocycles. The maximum atomic E-state index is 12.6. The molecule has 3 aromatic rings. The number of carbonyl (C=O) groups is 1. The predicted molar refractivity (Wildman–Crippen MR) is 109 cm³/mol. The van der Waals surface area contributed by atoms with Crippen molar-refractivity contribution in [1.29, 1.82) is 0 Å². The molecule has 1 aromatic heterocycles. The van der Waals surface area contributed by atoms with E-state index >= 15 is 0 Å². The monoisotopic (exact) mass is 380 g/mol. The highest BCUT2D eigenvalue weighted by Crippen LogP contribution is 2.27. The van der Waals surface area contributed by atoms with Crippen molar-refractivity contribution in [3.63, 3.8) is 0 Å². The summed E-state index contributed by atoms with van der Waals surface area (Å²) in [5.74, 6) is 1.47. The summed E-state index contributed by atoms with van der Waals surface area (Å²) >= 11 is 1.34. The van der Waals surface area contributed by atoms with Crippen LogP contribution in [0.1, 0.15) is 20.9 Å². The van der Waals surface area contributed by atoms with E-state index < -0.39 is 0 Å². The van der Waals surface area contributed by atoms with E-state index in [-0.39, 0.29) is 5.78 Å². The van der Waals surface area contributed by atoms with Crippen molar-refractivity contribution in [2.75, 3.05) is 19.5 Å². The maximum absolute atomic E-state index is 12.6. The number of aromatic nitrogens is 1. The molecule has 0 saturated carbocycles. The molecule has 3 rings (SSSR count). The van der Waals surface area contributed by atoms with Crippen molar-refractivity contribution >= 4 is 34.0 Å². The quantitative estimate of drug-likeness (QED) is 0.456. The Morgan fingerprint density at radius 1 is 1.07 bits per heavy atom. The normalized spacial score (nSPS) is 10.8. The molecule has 138 valence electrons. The Balaban J connectivity index is 1.72. The Hall–Kier alpha value is -3.12. The number of anilines is 2. The Kier molecular flexibility index (Phi) is 5.88. The summed E-state index contributed by atoms with van der Waals surface area (Å²) < 4.78 is 10.3. The van der Waals surface area contributed by atoms with Gasteiger partial charge in [-0.3, -0.25) is 4.79 Å². The third-order valence-electron chi connectivity index (χ3n) is 3.88. The number of carbonyl (C=O) groups excluding carboxylic acids is 1. The van der Waals surface area contributed by atoms with E-state index in [1.165, 1.54) is 11.3 Å². The lowest BCUT2D eigenvalue weighted by atomic mass is 10.1. The number of thiazole rings is 1. The molecule has 27 heavy (non-hydrogen) atoms. The van der Waals surface area contributed by atoms with Gasteiger partial charge >= 0.3 is 0 Å². The zero-order valence-corrected chi connectivity index (χ0v) is 16.2. The highest BCUT2D eigenvalue weighted by atomic mass is 32.1. The molecule has 1 N–H and O–H groups in total. The highest BCUT2D eigenvalue weighted by molar-refractivity contribution is 7.17. The van der Waals surface area contributed by atoms with Gasteiger partial charge in [0.05, 0.1) is 24.8 Å². The summed E-state index contributed by atoms with van der Waals surface area (Å²) in [5.41, 5.74) is 2.49. The molecule has 0 fully saturated rings. The van der Waals surface area contributed by atoms with Gasteiger partial charge in [0.25, 0.3) is 0 Å². The first-order valence-corrected chi connectivity index (χ1v) is 9.15. The van der Waals surface area contributed by atoms with Crippen LogP contribution in [0.2, 0.25) is 0 Å². The minimum absolute atomic E-state index is 0.0735. The molecular formula is C21H20N2O3S. The number of hydrogen-bond donors (Lipinski definition) is 1. The highest BCUT2D eigenvalue weighted by Gasteiger charge is 2.13. The summed E-state index contributed by atoms with van der Waals surface area (Å²) in [5, 5.41) is 3.90. The van der Waals surface area contributed by atoms with Gasteiger partial charge in [0.2, 0.25) is 0 Å². The van der Waals surface area contributed by atoms with Crippen LogP contribution < -0.4 is 14.8 Å². The molecule has 0 amide bonds. The van der Waals surface area contributed by atoms with Gasteiger partial charge in [0, 0.05) is 5.69 Å². The van der Waals surface area contributed by atoms with E-state index in [1.807, 2.05) is 55.5 Å². The Bertz CT molecular complexity index is 962. The molecule has 6 heteroatoms. The standard InChI is InChI=1S/C21H20N2O3S/c1-14-20(19(24)12-7-15-5-4-6-18(13-15)26-3)27-21(22-14)23-16-8-10-17(25-2)11-9-16/h4-13H,1-3H3,(H,22,23)/b12-7+. The molecular weight excluding hydrogens is 360 g/mol. The predicted octanol–water partition coefficient (Wildman–Crippen LogP) is 5.11. The maximum Gasteiger partial charge on any atom is 0.197 e. The average Bonchev–Trinajstić information content (AvgIpc) is 3.07. The smallest absolute Gasteiger partial charge is 0.197 e. The van der Waals surface area contributed by atoms with Crippen LogP contribution >= 0.6 is 11.3 Å². The van der Waals surface area contributed by atoms with E-state index in [0.717, 1.165) is 22.7 Å². The second kappa shape index (κ2) is 8.51. The van der Waals surface area contributed by atoms with Crippen LogP contribution in [0, 0.1) is 6.92 Å². The number of benzene rings is 2. The first kappa shape index (κ1) is 18.7. The van der Waals surface area contributed by atoms with Crippen molar-refractivity contribution in [3.05, 3.63) is 70.7 Å². The summed E-state index contributed by atoms with van der Waals surface area (Å²) in [7, 11) is 3.25. The third-order valence-corrected chi connectivity index (χ3v) is 4.97. The molecule has 2 aromatic carbocycles. The SMILES string of the molecule is COc1ccc(Nc2nc(C)c(C(=O)/C=C/c3cccc(OC)c3)s2)cc1. The molecule has 0 radical (unpaired) electrons. The molecule has 0 aliphatic carbocycles. The number of nitrogens with one attached hydrogen (secondary N) is 1. The fourth-order valence-corrected chi connectivity index (χ4v) is 3.38. The van der Waals surface area contributed by atoms with Crippen molar-refractivity contribution in [2.24, 2.45) is 0 Å². The molecule has 0 atom stereocenters. The number of ether oxygens (including phenoxy) is 2. The van der Waals surface area contributed by atoms with Crippen LogP contribution in [0.3, 0.4) is 0 Å². The molecule has 0 aliphatic rings. The second-order valence-electron chi connectivity index (χ2n) is 5.76. The zero-order valence-electron chi connectivity index (χ0n) is 15.4. The lowest BCUT2D eigenvalue weighted by Gasteiger charge is -2.03. The fraction of sp³-hybridized carbons (Fsp3) is 0.143. The van der Waals surface area contributed by atoms with Crippen molar-refractivity contribution in [3.8, 4) is 11.5 Å². The summed E-state index contributed by atoms with van der Waals surface area (Å²) in [6, 6.07) is 15.1. The third kappa shape index (κ3) is 4.74. The lowest BCUT2D eigenvalue weighted by Crippen LogP contribution is -1.93. The Morgan fingerprint density at radius 3 is 2.52 bits per heavy atom. The van der Waals surface area contributed by atoms with E-state index in [1.54, 1.807) is 26.4 Å². The number of ketones is 1. The van der Waals surface area contributed by atoms with E-state index in [2.05, 4.69) is 10.3 Å². The van der Waals surface area contributed by atoms with Crippen LogP contribution in [0.5, 0.6) is 11.5 Å². The molecule has 0 aliphatic heterocycles. The fourth-order valence-electron chi connectivity index (χ4n) is 2.47. The minimum atomic E-state index is -0.0735. The van der Waals surface area contributed by atoms with Gasteiger partial charge in [-0.05, 0) is 55.0 Å². The molecule has 0 unspecified atom stereocenters. The van der Waals surface area contributed by atoms with Gasteiger partial charge < -0.3 is 14.8 Å². The second-order valence-corrected chi connectivity index (χ2v) is 6.76. The van der Waals surface area contributed by atoms with Crippen LogP contribution in [0.4, 0.5) is 10.8 Å². The molecule has 0 spiro atoms. The summed E-state index contributed by atoms with van der Waals surface area (Å²) in [6.07, 6.45) is 3.34.